The molecule has 6 rings (SSSR count). The largest absolute Gasteiger partial charge is 0.394 e. The summed E-state index contributed by atoms with van der Waals surface area (Å²) in [5.74, 6) is -1.06. The van der Waals surface area contributed by atoms with Crippen LogP contribution in [0.3, 0.4) is 0 Å². The molecule has 0 unspecified atom stereocenters. The number of likely N-dealkylation sites (tertiary alicyclic amines) is 1. The van der Waals surface area contributed by atoms with Crippen LogP contribution in [0.25, 0.3) is 0 Å². The molecule has 0 bridgehead atoms. The summed E-state index contributed by atoms with van der Waals surface area (Å²) < 4.78 is 22.9. The summed E-state index contributed by atoms with van der Waals surface area (Å²) in [5.41, 5.74) is 0.698. The number of halogens is 2. The van der Waals surface area contributed by atoms with Crippen molar-refractivity contribution in [2.24, 2.45) is 5.92 Å². The fraction of sp³-hybridized carbons (Fsp3) is 0.531. The Labute approximate surface area is 263 Å². The lowest BCUT2D eigenvalue weighted by Crippen LogP contribution is -2.48. The van der Waals surface area contributed by atoms with E-state index < -0.39 is 31.6 Å². The number of hydrogen-bond donors (Lipinski definition) is 2. The van der Waals surface area contributed by atoms with Gasteiger partial charge in [-0.05, 0) is 61.8 Å². The first kappa shape index (κ1) is 31.2. The van der Waals surface area contributed by atoms with E-state index in [0.29, 0.717) is 35.9 Å². The van der Waals surface area contributed by atoms with E-state index in [1.54, 1.807) is 46.0 Å². The fourth-order valence-electron chi connectivity index (χ4n) is 7.90. The van der Waals surface area contributed by atoms with Crippen molar-refractivity contribution in [1.29, 1.82) is 0 Å². The Hall–Kier alpha value is -2.83. The number of aliphatic hydroxyl groups is 1. The second kappa shape index (κ2) is 11.8. The standard InChI is InChI=1S/C32H40ClFN4O5Si/c1-20-30(44(2,3)34)27(16-28(40)36-12-5-8-24(36)19-39)43-32(20)25-15-22(33)9-10-26(25)38(31(32)42)18-21-6-4-7-23(14-21)37-13-11-35-17-29(37)41/h4,6-7,9-10,14-15,20,24,27,30,35,39H,5,8,11-13,16-19H2,1-3H3/t20-,24-,27+,30-,32+/m0/s1. The van der Waals surface area contributed by atoms with Gasteiger partial charge in [-0.25, -0.2) is 0 Å². The molecule has 0 aromatic heterocycles. The Morgan fingerprint density at radius 2 is 2.00 bits per heavy atom. The van der Waals surface area contributed by atoms with Crippen LogP contribution in [0.1, 0.15) is 37.3 Å². The summed E-state index contributed by atoms with van der Waals surface area (Å²) in [5, 5.41) is 13.3. The smallest absolute Gasteiger partial charge is 0.264 e. The van der Waals surface area contributed by atoms with Crippen molar-refractivity contribution in [3.63, 3.8) is 0 Å². The Morgan fingerprint density at radius 1 is 1.20 bits per heavy atom. The van der Waals surface area contributed by atoms with Crippen molar-refractivity contribution >= 4 is 49.1 Å². The van der Waals surface area contributed by atoms with Gasteiger partial charge in [0.1, 0.15) is 0 Å². The molecule has 236 valence electrons. The van der Waals surface area contributed by atoms with E-state index in [2.05, 4.69) is 5.32 Å². The summed E-state index contributed by atoms with van der Waals surface area (Å²) in [7, 11) is -3.46. The van der Waals surface area contributed by atoms with Gasteiger partial charge in [-0.1, -0.05) is 30.7 Å². The Kier molecular flexibility index (Phi) is 8.38. The van der Waals surface area contributed by atoms with Crippen LogP contribution in [0.5, 0.6) is 0 Å². The van der Waals surface area contributed by atoms with Gasteiger partial charge in [0.05, 0.1) is 44.0 Å². The zero-order valence-corrected chi connectivity index (χ0v) is 27.1. The molecule has 4 heterocycles. The lowest BCUT2D eigenvalue weighted by atomic mass is 9.82. The first-order chi connectivity index (χ1) is 21.0. The zero-order chi connectivity index (χ0) is 31.4. The first-order valence-electron chi connectivity index (χ1n) is 15.4. The molecule has 3 saturated heterocycles. The van der Waals surface area contributed by atoms with Gasteiger partial charge in [0.2, 0.25) is 20.2 Å². The molecule has 12 heteroatoms. The molecular formula is C32H40ClFN4O5Si. The third kappa shape index (κ3) is 5.26. The number of aliphatic hydroxyl groups excluding tert-OH is 1. The van der Waals surface area contributed by atoms with Crippen LogP contribution in [-0.2, 0) is 31.3 Å². The number of carbonyl (C=O) groups is 3. The Morgan fingerprint density at radius 3 is 2.73 bits per heavy atom. The van der Waals surface area contributed by atoms with E-state index >= 15 is 4.11 Å². The van der Waals surface area contributed by atoms with Gasteiger partial charge in [0, 0.05) is 47.4 Å². The van der Waals surface area contributed by atoms with Crippen LogP contribution in [0, 0.1) is 5.92 Å². The predicted molar refractivity (Wildman–Crippen MR) is 169 cm³/mol. The maximum atomic E-state index is 16.2. The molecule has 2 N–H and O–H groups in total. The number of hydrogen-bond acceptors (Lipinski definition) is 6. The van der Waals surface area contributed by atoms with Gasteiger partial charge in [0.25, 0.3) is 5.91 Å². The third-order valence-electron chi connectivity index (χ3n) is 9.86. The predicted octanol–water partition coefficient (Wildman–Crippen LogP) is 3.97. The molecule has 2 aromatic carbocycles. The van der Waals surface area contributed by atoms with Crippen molar-refractivity contribution in [3.05, 3.63) is 58.6 Å². The van der Waals surface area contributed by atoms with Crippen molar-refractivity contribution in [1.82, 2.24) is 10.2 Å². The fourth-order valence-corrected chi connectivity index (χ4v) is 10.6. The average molecular weight is 643 g/mol. The molecule has 3 amide bonds. The maximum absolute atomic E-state index is 16.2. The van der Waals surface area contributed by atoms with Crippen LogP contribution >= 0.6 is 11.6 Å². The van der Waals surface area contributed by atoms with Crippen LogP contribution in [0.15, 0.2) is 42.5 Å². The van der Waals surface area contributed by atoms with Gasteiger partial charge in [-0.3, -0.25) is 14.4 Å². The highest BCUT2D eigenvalue weighted by molar-refractivity contribution is 6.72. The number of piperazine rings is 1. The molecule has 0 aliphatic carbocycles. The third-order valence-corrected chi connectivity index (χ3v) is 12.6. The SMILES string of the molecule is C[C@H]1[C@H]([Si](C)(C)F)[C@@H](CC(=O)N2CCC[C@H]2CO)O[C@]12C(=O)N(Cc1cccc(N3CCNCC3=O)c1)c1ccc(Cl)cc12. The minimum atomic E-state index is -3.46. The van der Waals surface area contributed by atoms with Gasteiger partial charge in [-0.15, -0.1) is 0 Å². The summed E-state index contributed by atoms with van der Waals surface area (Å²) in [6.45, 7) is 7.26. The van der Waals surface area contributed by atoms with Gasteiger partial charge in [-0.2, -0.15) is 0 Å². The lowest BCUT2D eigenvalue weighted by molar-refractivity contribution is -0.150. The second-order valence-electron chi connectivity index (χ2n) is 13.0. The van der Waals surface area contributed by atoms with Crippen LogP contribution in [0.2, 0.25) is 23.7 Å². The number of fused-ring (bicyclic) bond motifs is 2. The molecule has 9 nitrogen and oxygen atoms in total. The number of ether oxygens (including phenoxy) is 1. The molecule has 44 heavy (non-hydrogen) atoms. The second-order valence-corrected chi connectivity index (χ2v) is 17.2. The normalized spacial score (nSPS) is 28.8. The summed E-state index contributed by atoms with van der Waals surface area (Å²) >= 11 is 6.50. The molecule has 0 saturated carbocycles. The highest BCUT2D eigenvalue weighted by Crippen LogP contribution is 2.60. The number of benzene rings is 2. The Bertz CT molecular complexity index is 1470. The monoisotopic (exact) mass is 642 g/mol. The minimum absolute atomic E-state index is 0.0124. The minimum Gasteiger partial charge on any atom is -0.394 e. The summed E-state index contributed by atoms with van der Waals surface area (Å²) in [6.07, 6.45) is 0.669. The summed E-state index contributed by atoms with van der Waals surface area (Å²) in [4.78, 5) is 45.8. The molecule has 0 radical (unpaired) electrons. The average Bonchev–Trinajstić information content (AvgIpc) is 3.64. The molecule has 2 aromatic rings. The highest BCUT2D eigenvalue weighted by Gasteiger charge is 2.67. The van der Waals surface area contributed by atoms with Crippen LogP contribution < -0.4 is 15.1 Å². The molecule has 3 fully saturated rings. The number of carbonyl (C=O) groups excluding carboxylic acids is 3. The number of nitrogens with one attached hydrogen (secondary N) is 1. The molecular weight excluding hydrogens is 603 g/mol. The van der Waals surface area contributed by atoms with Gasteiger partial charge in [0.15, 0.2) is 5.60 Å². The number of rotatable bonds is 7. The van der Waals surface area contributed by atoms with E-state index in [9.17, 15) is 19.5 Å². The topological polar surface area (TPSA) is 102 Å². The van der Waals surface area contributed by atoms with Gasteiger partial charge < -0.3 is 34.0 Å². The Balaban J connectivity index is 1.34. The maximum Gasteiger partial charge on any atom is 0.264 e. The highest BCUT2D eigenvalue weighted by atomic mass is 35.5. The number of nitrogens with zero attached hydrogens (tertiary/aromatic N) is 3. The van der Waals surface area contributed by atoms with E-state index in [0.717, 1.165) is 24.1 Å². The molecule has 5 atom stereocenters. The first-order valence-corrected chi connectivity index (χ1v) is 18.8. The van der Waals surface area contributed by atoms with Crippen molar-refractivity contribution in [2.75, 3.05) is 42.6 Å². The van der Waals surface area contributed by atoms with E-state index in [4.69, 9.17) is 16.3 Å². The van der Waals surface area contributed by atoms with Crippen LogP contribution in [0.4, 0.5) is 15.5 Å². The summed E-state index contributed by atoms with van der Waals surface area (Å²) in [6, 6.07) is 12.6. The molecule has 1 spiro atoms. The van der Waals surface area contributed by atoms with Gasteiger partial charge >= 0.3 is 0 Å². The number of anilines is 2. The van der Waals surface area contributed by atoms with Crippen LogP contribution in [-0.4, -0.2) is 81.1 Å². The zero-order valence-electron chi connectivity index (χ0n) is 25.4. The van der Waals surface area contributed by atoms with E-state index in [1.807, 2.05) is 31.2 Å². The number of amides is 3. The molecule has 4 aliphatic rings. The molecule has 4 aliphatic heterocycles. The lowest BCUT2D eigenvalue weighted by Gasteiger charge is -2.31. The van der Waals surface area contributed by atoms with Crippen molar-refractivity contribution < 1.29 is 28.3 Å². The van der Waals surface area contributed by atoms with E-state index in [1.165, 1.54) is 0 Å². The quantitative estimate of drug-likeness (QED) is 0.350. The van der Waals surface area contributed by atoms with E-state index in [-0.39, 0.29) is 49.9 Å². The van der Waals surface area contributed by atoms with Crippen molar-refractivity contribution in [3.8, 4) is 0 Å². The van der Waals surface area contributed by atoms with Crippen molar-refractivity contribution in [2.45, 2.75) is 69.1 Å².